The minimum absolute atomic E-state index is 0. The number of carbonyl (C=O) groups is 1. The first-order valence-electron chi connectivity index (χ1n) is 6.40. The largest absolute Gasteiger partial charge is 0.335 e. The summed E-state index contributed by atoms with van der Waals surface area (Å²) in [6.07, 6.45) is 0. The maximum absolute atomic E-state index is 13.4. The van der Waals surface area contributed by atoms with Gasteiger partial charge in [0.05, 0.1) is 6.04 Å². The number of amides is 1. The molecule has 0 aromatic heterocycles. The van der Waals surface area contributed by atoms with Gasteiger partial charge in [-0.3, -0.25) is 4.79 Å². The Kier molecular flexibility index (Phi) is 4.11. The molecule has 3 nitrogen and oxygen atoms in total. The van der Waals surface area contributed by atoms with Crippen molar-refractivity contribution in [2.24, 2.45) is 11.8 Å². The first-order chi connectivity index (χ1) is 8.66. The van der Waals surface area contributed by atoms with Crippen LogP contribution in [0.1, 0.15) is 18.5 Å². The van der Waals surface area contributed by atoms with Crippen LogP contribution < -0.4 is 5.32 Å². The van der Waals surface area contributed by atoms with Crippen molar-refractivity contribution >= 4 is 18.3 Å². The number of hydrogen-bond acceptors (Lipinski definition) is 2. The lowest BCUT2D eigenvalue weighted by Gasteiger charge is -2.27. The van der Waals surface area contributed by atoms with Crippen molar-refractivity contribution in [2.45, 2.75) is 13.0 Å². The summed E-state index contributed by atoms with van der Waals surface area (Å²) in [5.74, 6) is 0.766. The Labute approximate surface area is 118 Å². The Balaban J connectivity index is 0.00000133. The van der Waals surface area contributed by atoms with Gasteiger partial charge in [0, 0.05) is 32.5 Å². The van der Waals surface area contributed by atoms with E-state index >= 15 is 0 Å². The van der Waals surface area contributed by atoms with Crippen LogP contribution in [0.4, 0.5) is 4.39 Å². The van der Waals surface area contributed by atoms with Crippen LogP contribution >= 0.6 is 12.4 Å². The number of rotatable bonds is 1. The van der Waals surface area contributed by atoms with Gasteiger partial charge < -0.3 is 10.2 Å². The maximum atomic E-state index is 13.4. The SMILES string of the molecule is CC(=O)N1C[C@H]2CNC[C@H]2[C@@H]1c1cccc(F)c1.Cl. The second-order valence-electron chi connectivity index (χ2n) is 5.25. The molecule has 1 aromatic carbocycles. The molecule has 0 radical (unpaired) electrons. The lowest BCUT2D eigenvalue weighted by Crippen LogP contribution is -2.32. The Morgan fingerprint density at radius 1 is 1.42 bits per heavy atom. The Hall–Kier alpha value is -1.13. The van der Waals surface area contributed by atoms with Crippen LogP contribution in [-0.2, 0) is 4.79 Å². The Morgan fingerprint density at radius 2 is 2.21 bits per heavy atom. The van der Waals surface area contributed by atoms with Crippen molar-refractivity contribution in [1.82, 2.24) is 10.2 Å². The molecule has 2 saturated heterocycles. The topological polar surface area (TPSA) is 32.3 Å². The standard InChI is InChI=1S/C14H17FN2O.ClH/c1-9(18)17-8-11-6-16-7-13(11)14(17)10-3-2-4-12(15)5-10;/h2-5,11,13-14,16H,6-8H2,1H3;1H/t11-,13-,14+;/m1./s1. The molecule has 0 spiro atoms. The fraction of sp³-hybridized carbons (Fsp3) is 0.500. The molecule has 2 aliphatic rings. The van der Waals surface area contributed by atoms with Crippen LogP contribution in [0.2, 0.25) is 0 Å². The molecule has 0 saturated carbocycles. The quantitative estimate of drug-likeness (QED) is 0.855. The molecule has 2 fully saturated rings. The van der Waals surface area contributed by atoms with Crippen LogP contribution in [0, 0.1) is 17.7 Å². The van der Waals surface area contributed by atoms with Crippen molar-refractivity contribution in [3.05, 3.63) is 35.6 Å². The zero-order valence-electron chi connectivity index (χ0n) is 10.8. The fourth-order valence-electron chi connectivity index (χ4n) is 3.36. The second-order valence-corrected chi connectivity index (χ2v) is 5.25. The van der Waals surface area contributed by atoms with Gasteiger partial charge in [-0.2, -0.15) is 0 Å². The van der Waals surface area contributed by atoms with Crippen LogP contribution in [0.25, 0.3) is 0 Å². The summed E-state index contributed by atoms with van der Waals surface area (Å²) in [5.41, 5.74) is 0.918. The van der Waals surface area contributed by atoms with E-state index < -0.39 is 0 Å². The third-order valence-electron chi connectivity index (χ3n) is 4.16. The molecule has 0 aliphatic carbocycles. The van der Waals surface area contributed by atoms with E-state index in [4.69, 9.17) is 0 Å². The van der Waals surface area contributed by atoms with E-state index in [1.165, 1.54) is 6.07 Å². The fourth-order valence-corrected chi connectivity index (χ4v) is 3.36. The minimum Gasteiger partial charge on any atom is -0.335 e. The predicted octanol–water partition coefficient (Wildman–Crippen LogP) is 1.99. The van der Waals surface area contributed by atoms with Gasteiger partial charge in [-0.15, -0.1) is 12.4 Å². The zero-order chi connectivity index (χ0) is 12.7. The molecule has 0 unspecified atom stereocenters. The molecule has 0 bridgehead atoms. The molecule has 19 heavy (non-hydrogen) atoms. The number of hydrogen-bond donors (Lipinski definition) is 1. The number of halogens is 2. The number of likely N-dealkylation sites (tertiary alicyclic amines) is 1. The molecular weight excluding hydrogens is 267 g/mol. The highest BCUT2D eigenvalue weighted by molar-refractivity contribution is 5.85. The highest BCUT2D eigenvalue weighted by atomic mass is 35.5. The molecule has 2 heterocycles. The third kappa shape index (κ3) is 2.47. The van der Waals surface area contributed by atoms with Crippen molar-refractivity contribution in [3.63, 3.8) is 0 Å². The lowest BCUT2D eigenvalue weighted by molar-refractivity contribution is -0.130. The van der Waals surface area contributed by atoms with E-state index in [0.29, 0.717) is 11.8 Å². The highest BCUT2D eigenvalue weighted by Crippen LogP contribution is 2.42. The van der Waals surface area contributed by atoms with E-state index in [1.807, 2.05) is 11.0 Å². The van der Waals surface area contributed by atoms with Crippen molar-refractivity contribution in [3.8, 4) is 0 Å². The summed E-state index contributed by atoms with van der Waals surface area (Å²) in [7, 11) is 0. The van der Waals surface area contributed by atoms with Gasteiger partial charge in [-0.25, -0.2) is 4.39 Å². The molecule has 1 amide bonds. The van der Waals surface area contributed by atoms with E-state index in [0.717, 1.165) is 25.2 Å². The van der Waals surface area contributed by atoms with Gasteiger partial charge in [0.25, 0.3) is 0 Å². The van der Waals surface area contributed by atoms with Crippen molar-refractivity contribution in [2.75, 3.05) is 19.6 Å². The first-order valence-corrected chi connectivity index (χ1v) is 6.40. The van der Waals surface area contributed by atoms with Gasteiger partial charge in [0.2, 0.25) is 5.91 Å². The maximum Gasteiger partial charge on any atom is 0.219 e. The molecule has 3 atom stereocenters. The number of nitrogens with one attached hydrogen (secondary N) is 1. The van der Waals surface area contributed by atoms with E-state index in [9.17, 15) is 9.18 Å². The summed E-state index contributed by atoms with van der Waals surface area (Å²) in [4.78, 5) is 13.7. The summed E-state index contributed by atoms with van der Waals surface area (Å²) in [5, 5.41) is 3.37. The van der Waals surface area contributed by atoms with Crippen molar-refractivity contribution < 1.29 is 9.18 Å². The highest BCUT2D eigenvalue weighted by Gasteiger charge is 2.45. The first kappa shape index (κ1) is 14.3. The minimum atomic E-state index is -0.231. The number of fused-ring (bicyclic) bond motifs is 1. The van der Waals surface area contributed by atoms with Gasteiger partial charge >= 0.3 is 0 Å². The molecule has 1 N–H and O–H groups in total. The van der Waals surface area contributed by atoms with Crippen LogP contribution in [0.3, 0.4) is 0 Å². The summed E-state index contributed by atoms with van der Waals surface area (Å²) in [6.45, 7) is 4.25. The van der Waals surface area contributed by atoms with Crippen LogP contribution in [0.15, 0.2) is 24.3 Å². The lowest BCUT2D eigenvalue weighted by atomic mass is 9.89. The van der Waals surface area contributed by atoms with Crippen LogP contribution in [-0.4, -0.2) is 30.4 Å². The molecule has 104 valence electrons. The average molecular weight is 285 g/mol. The summed E-state index contributed by atoms with van der Waals surface area (Å²) in [6, 6.07) is 6.67. The van der Waals surface area contributed by atoms with Gasteiger partial charge in [0.15, 0.2) is 0 Å². The third-order valence-corrected chi connectivity index (χ3v) is 4.16. The van der Waals surface area contributed by atoms with E-state index in [2.05, 4.69) is 5.32 Å². The molecular formula is C14H18ClFN2O. The van der Waals surface area contributed by atoms with E-state index in [1.54, 1.807) is 19.1 Å². The van der Waals surface area contributed by atoms with Gasteiger partial charge in [-0.05, 0) is 23.6 Å². The van der Waals surface area contributed by atoms with Gasteiger partial charge in [-0.1, -0.05) is 12.1 Å². The second kappa shape index (κ2) is 5.47. The summed E-state index contributed by atoms with van der Waals surface area (Å²) >= 11 is 0. The molecule has 5 heteroatoms. The average Bonchev–Trinajstić information content (AvgIpc) is 2.87. The van der Waals surface area contributed by atoms with Crippen molar-refractivity contribution in [1.29, 1.82) is 0 Å². The number of carbonyl (C=O) groups excluding carboxylic acids is 1. The Morgan fingerprint density at radius 3 is 2.89 bits per heavy atom. The van der Waals surface area contributed by atoms with Crippen LogP contribution in [0.5, 0.6) is 0 Å². The van der Waals surface area contributed by atoms with Gasteiger partial charge in [0.1, 0.15) is 5.82 Å². The summed E-state index contributed by atoms with van der Waals surface area (Å²) < 4.78 is 13.4. The normalized spacial score (nSPS) is 28.9. The smallest absolute Gasteiger partial charge is 0.219 e. The molecule has 2 aliphatic heterocycles. The Bertz CT molecular complexity index is 482. The number of benzene rings is 1. The number of nitrogens with zero attached hydrogens (tertiary/aromatic N) is 1. The zero-order valence-corrected chi connectivity index (χ0v) is 11.6. The molecule has 1 aromatic rings. The monoisotopic (exact) mass is 284 g/mol. The predicted molar refractivity (Wildman–Crippen MR) is 73.6 cm³/mol. The van der Waals surface area contributed by atoms with E-state index in [-0.39, 0.29) is 30.2 Å². The molecule has 3 rings (SSSR count).